The predicted molar refractivity (Wildman–Crippen MR) is 101 cm³/mol. The summed E-state index contributed by atoms with van der Waals surface area (Å²) in [4.78, 5) is 12.5. The highest BCUT2D eigenvalue weighted by Gasteiger charge is 2.15. The van der Waals surface area contributed by atoms with Crippen molar-refractivity contribution in [2.75, 3.05) is 6.61 Å². The van der Waals surface area contributed by atoms with Crippen LogP contribution in [0.3, 0.4) is 0 Å². The standard InChI is InChI=1S/C22H25NO2/c1-3-14-25-21-12-10-18(11-13-21)22(24)23-16(2)19-9-8-17-6-4-5-7-20(17)15-19/h3,8-13,15-16H,1,4-7,14H2,2H3,(H,23,24). The van der Waals surface area contributed by atoms with Crippen molar-refractivity contribution in [1.29, 1.82) is 0 Å². The SMILES string of the molecule is C=CCOc1ccc(C(=O)NC(C)c2ccc3c(c2)CCCC3)cc1. The second-order valence-corrected chi connectivity index (χ2v) is 6.55. The van der Waals surface area contributed by atoms with E-state index in [1.807, 2.05) is 19.1 Å². The van der Waals surface area contributed by atoms with Crippen LogP contribution in [-0.2, 0) is 12.8 Å². The van der Waals surface area contributed by atoms with Crippen molar-refractivity contribution in [3.8, 4) is 5.75 Å². The van der Waals surface area contributed by atoms with Gasteiger partial charge < -0.3 is 10.1 Å². The lowest BCUT2D eigenvalue weighted by Crippen LogP contribution is -2.26. The Labute approximate surface area is 149 Å². The molecule has 1 atom stereocenters. The molecule has 0 fully saturated rings. The highest BCUT2D eigenvalue weighted by Crippen LogP contribution is 2.25. The third-order valence-corrected chi connectivity index (χ3v) is 4.70. The zero-order valence-corrected chi connectivity index (χ0v) is 14.8. The monoisotopic (exact) mass is 335 g/mol. The first-order valence-corrected chi connectivity index (χ1v) is 8.93. The molecule has 0 aliphatic heterocycles. The van der Waals surface area contributed by atoms with Gasteiger partial charge in [-0.25, -0.2) is 0 Å². The maximum absolute atomic E-state index is 12.5. The summed E-state index contributed by atoms with van der Waals surface area (Å²) < 4.78 is 5.44. The van der Waals surface area contributed by atoms with Crippen LogP contribution < -0.4 is 10.1 Å². The number of carbonyl (C=O) groups excluding carboxylic acids is 1. The molecule has 1 unspecified atom stereocenters. The first kappa shape index (κ1) is 17.3. The van der Waals surface area contributed by atoms with E-state index >= 15 is 0 Å². The molecule has 0 spiro atoms. The summed E-state index contributed by atoms with van der Waals surface area (Å²) in [7, 11) is 0. The smallest absolute Gasteiger partial charge is 0.251 e. The quantitative estimate of drug-likeness (QED) is 0.782. The summed E-state index contributed by atoms with van der Waals surface area (Å²) in [5.41, 5.74) is 4.70. The molecule has 2 aromatic carbocycles. The molecular weight excluding hydrogens is 310 g/mol. The molecule has 130 valence electrons. The van der Waals surface area contributed by atoms with Crippen LogP contribution in [0.15, 0.2) is 55.1 Å². The molecule has 1 aliphatic carbocycles. The molecule has 2 aromatic rings. The molecule has 0 radical (unpaired) electrons. The molecule has 0 saturated heterocycles. The Kier molecular flexibility index (Phi) is 5.54. The maximum Gasteiger partial charge on any atom is 0.251 e. The van der Waals surface area contributed by atoms with E-state index in [2.05, 4.69) is 30.1 Å². The zero-order valence-electron chi connectivity index (χ0n) is 14.8. The van der Waals surface area contributed by atoms with Crippen molar-refractivity contribution >= 4 is 5.91 Å². The van der Waals surface area contributed by atoms with Crippen molar-refractivity contribution in [3.63, 3.8) is 0 Å². The molecule has 25 heavy (non-hydrogen) atoms. The van der Waals surface area contributed by atoms with Gasteiger partial charge in [-0.2, -0.15) is 0 Å². The molecule has 3 heteroatoms. The summed E-state index contributed by atoms with van der Waals surface area (Å²) >= 11 is 0. The van der Waals surface area contributed by atoms with Gasteiger partial charge >= 0.3 is 0 Å². The lowest BCUT2D eigenvalue weighted by molar-refractivity contribution is 0.0940. The van der Waals surface area contributed by atoms with Gasteiger partial charge in [0.15, 0.2) is 0 Å². The van der Waals surface area contributed by atoms with Gasteiger partial charge in [0.25, 0.3) is 5.91 Å². The molecular formula is C22H25NO2. The Morgan fingerprint density at radius 1 is 1.16 bits per heavy atom. The summed E-state index contributed by atoms with van der Waals surface area (Å²) in [6, 6.07) is 13.8. The van der Waals surface area contributed by atoms with Gasteiger partial charge in [0.1, 0.15) is 12.4 Å². The number of aryl methyl sites for hydroxylation is 2. The van der Waals surface area contributed by atoms with Crippen LogP contribution in [0.1, 0.15) is 52.9 Å². The Morgan fingerprint density at radius 3 is 2.60 bits per heavy atom. The van der Waals surface area contributed by atoms with E-state index in [-0.39, 0.29) is 11.9 Å². The van der Waals surface area contributed by atoms with Gasteiger partial charge in [-0.1, -0.05) is 30.9 Å². The lowest BCUT2D eigenvalue weighted by Gasteiger charge is -2.20. The number of fused-ring (bicyclic) bond motifs is 1. The van der Waals surface area contributed by atoms with Gasteiger partial charge in [0.2, 0.25) is 0 Å². The summed E-state index contributed by atoms with van der Waals surface area (Å²) in [5, 5.41) is 3.09. The van der Waals surface area contributed by atoms with E-state index in [9.17, 15) is 4.79 Å². The van der Waals surface area contributed by atoms with Crippen molar-refractivity contribution in [2.24, 2.45) is 0 Å². The molecule has 0 saturated carbocycles. The number of benzene rings is 2. The number of ether oxygens (including phenoxy) is 1. The second kappa shape index (κ2) is 8.02. The number of amides is 1. The molecule has 0 heterocycles. The molecule has 3 nitrogen and oxygen atoms in total. The number of hydrogen-bond acceptors (Lipinski definition) is 2. The van der Waals surface area contributed by atoms with E-state index in [0.29, 0.717) is 12.2 Å². The first-order valence-electron chi connectivity index (χ1n) is 8.93. The fourth-order valence-electron chi connectivity index (χ4n) is 3.24. The van der Waals surface area contributed by atoms with Gasteiger partial charge in [-0.15, -0.1) is 0 Å². The average molecular weight is 335 g/mol. The molecule has 1 amide bonds. The summed E-state index contributed by atoms with van der Waals surface area (Å²) in [6.45, 7) is 6.11. The molecule has 3 rings (SSSR count). The number of rotatable bonds is 6. The van der Waals surface area contributed by atoms with Crippen LogP contribution >= 0.6 is 0 Å². The average Bonchev–Trinajstić information content (AvgIpc) is 2.66. The number of carbonyl (C=O) groups is 1. The highest BCUT2D eigenvalue weighted by molar-refractivity contribution is 5.94. The fourth-order valence-corrected chi connectivity index (χ4v) is 3.24. The van der Waals surface area contributed by atoms with E-state index in [1.54, 1.807) is 18.2 Å². The summed E-state index contributed by atoms with van der Waals surface area (Å²) in [6.07, 6.45) is 6.57. The third kappa shape index (κ3) is 4.30. The largest absolute Gasteiger partial charge is 0.490 e. The van der Waals surface area contributed by atoms with Gasteiger partial charge in [-0.3, -0.25) is 4.79 Å². The Morgan fingerprint density at radius 2 is 1.88 bits per heavy atom. The predicted octanol–water partition coefficient (Wildman–Crippen LogP) is 4.62. The Hall–Kier alpha value is -2.55. The van der Waals surface area contributed by atoms with E-state index in [0.717, 1.165) is 12.2 Å². The van der Waals surface area contributed by atoms with E-state index in [1.165, 1.54) is 36.0 Å². The number of hydrogen-bond donors (Lipinski definition) is 1. The van der Waals surface area contributed by atoms with Crippen LogP contribution in [0.4, 0.5) is 0 Å². The Bertz CT molecular complexity index is 749. The van der Waals surface area contributed by atoms with Crippen molar-refractivity contribution < 1.29 is 9.53 Å². The number of nitrogens with one attached hydrogen (secondary N) is 1. The third-order valence-electron chi connectivity index (χ3n) is 4.70. The Balaban J connectivity index is 1.64. The molecule has 1 N–H and O–H groups in total. The normalized spacial score (nSPS) is 14.3. The molecule has 1 aliphatic rings. The van der Waals surface area contributed by atoms with Crippen LogP contribution in [0.5, 0.6) is 5.75 Å². The van der Waals surface area contributed by atoms with Crippen molar-refractivity contribution in [1.82, 2.24) is 5.32 Å². The lowest BCUT2D eigenvalue weighted by atomic mass is 9.89. The van der Waals surface area contributed by atoms with E-state index in [4.69, 9.17) is 4.74 Å². The summed E-state index contributed by atoms with van der Waals surface area (Å²) in [5.74, 6) is 0.666. The van der Waals surface area contributed by atoms with Crippen LogP contribution in [-0.4, -0.2) is 12.5 Å². The molecule has 0 aromatic heterocycles. The second-order valence-electron chi connectivity index (χ2n) is 6.55. The first-order chi connectivity index (χ1) is 12.2. The van der Waals surface area contributed by atoms with Gasteiger partial charge in [0, 0.05) is 5.56 Å². The zero-order chi connectivity index (χ0) is 17.6. The van der Waals surface area contributed by atoms with Gasteiger partial charge in [-0.05, 0) is 73.6 Å². The minimum atomic E-state index is -0.0690. The van der Waals surface area contributed by atoms with Crippen molar-refractivity contribution in [3.05, 3.63) is 77.4 Å². The van der Waals surface area contributed by atoms with Crippen LogP contribution in [0.2, 0.25) is 0 Å². The van der Waals surface area contributed by atoms with E-state index < -0.39 is 0 Å². The molecule has 0 bridgehead atoms. The van der Waals surface area contributed by atoms with Crippen LogP contribution in [0, 0.1) is 0 Å². The minimum absolute atomic E-state index is 0.0172. The topological polar surface area (TPSA) is 38.3 Å². The fraction of sp³-hybridized carbons (Fsp3) is 0.318. The van der Waals surface area contributed by atoms with Crippen molar-refractivity contribution in [2.45, 2.75) is 38.6 Å². The van der Waals surface area contributed by atoms with Gasteiger partial charge in [0.05, 0.1) is 6.04 Å². The van der Waals surface area contributed by atoms with Crippen LogP contribution in [0.25, 0.3) is 0 Å². The maximum atomic E-state index is 12.5. The highest BCUT2D eigenvalue weighted by atomic mass is 16.5. The minimum Gasteiger partial charge on any atom is -0.490 e.